The summed E-state index contributed by atoms with van der Waals surface area (Å²) in [6.45, 7) is 2.09. The van der Waals surface area contributed by atoms with Crippen LogP contribution in [0.5, 0.6) is 0 Å². The van der Waals surface area contributed by atoms with E-state index in [1.165, 1.54) is 0 Å². The van der Waals surface area contributed by atoms with Crippen LogP contribution in [-0.4, -0.2) is 26.5 Å². The molecule has 0 spiro atoms. The van der Waals surface area contributed by atoms with Crippen molar-refractivity contribution in [3.05, 3.63) is 29.8 Å². The highest BCUT2D eigenvalue weighted by Gasteiger charge is 2.06. The normalized spacial score (nSPS) is 11.4. The van der Waals surface area contributed by atoms with Crippen molar-refractivity contribution in [1.29, 1.82) is 0 Å². The average Bonchev–Trinajstić information content (AvgIpc) is 2.29. The number of halogens is 1. The number of nitrogens with one attached hydrogen (secondary N) is 1. The second kappa shape index (κ2) is 6.11. The quantitative estimate of drug-likeness (QED) is 0.799. The van der Waals surface area contributed by atoms with Crippen LogP contribution in [0.15, 0.2) is 24.3 Å². The van der Waals surface area contributed by atoms with Crippen molar-refractivity contribution in [2.45, 2.75) is 12.8 Å². The molecule has 0 aliphatic heterocycles. The fourth-order valence-corrected chi connectivity index (χ4v) is 2.13. The molecule has 0 radical (unpaired) electrons. The molecule has 0 heterocycles. The highest BCUT2D eigenvalue weighted by molar-refractivity contribution is 7.91. The largest absolute Gasteiger partial charge is 0.384 e. The fraction of sp³-hybridized carbons (Fsp3) is 0.455. The van der Waals surface area contributed by atoms with Crippen LogP contribution < -0.4 is 5.32 Å². The van der Waals surface area contributed by atoms with Crippen LogP contribution in [0.25, 0.3) is 0 Å². The van der Waals surface area contributed by atoms with Crippen molar-refractivity contribution in [2.24, 2.45) is 0 Å². The summed E-state index contributed by atoms with van der Waals surface area (Å²) in [5.74, 6) is 0.813. The van der Waals surface area contributed by atoms with Gasteiger partial charge in [0, 0.05) is 23.9 Å². The lowest BCUT2D eigenvalue weighted by atomic mass is 10.2. The molecule has 0 saturated heterocycles. The van der Waals surface area contributed by atoms with Gasteiger partial charge in [-0.2, -0.15) is 0 Å². The molecular weight excluding hydrogens is 246 g/mol. The van der Waals surface area contributed by atoms with Gasteiger partial charge in [-0.1, -0.05) is 19.1 Å². The Labute approximate surface area is 102 Å². The number of anilines is 1. The molecule has 1 rings (SSSR count). The van der Waals surface area contributed by atoms with Gasteiger partial charge in [-0.05, 0) is 17.7 Å². The summed E-state index contributed by atoms with van der Waals surface area (Å²) in [6.07, 6.45) is 0. The van der Waals surface area contributed by atoms with Gasteiger partial charge in [-0.15, -0.1) is 11.6 Å². The Balaban J connectivity index is 2.49. The SMILES string of the molecule is CCS(=O)(=O)CCNc1cccc(CCl)c1. The number of alkyl halides is 1. The van der Waals surface area contributed by atoms with E-state index in [4.69, 9.17) is 11.6 Å². The zero-order valence-electron chi connectivity index (χ0n) is 9.24. The monoisotopic (exact) mass is 261 g/mol. The maximum atomic E-state index is 11.3. The third-order valence-electron chi connectivity index (χ3n) is 2.26. The third kappa shape index (κ3) is 4.41. The molecule has 90 valence electrons. The van der Waals surface area contributed by atoms with Gasteiger partial charge >= 0.3 is 0 Å². The molecule has 1 aromatic rings. The molecule has 0 amide bonds. The van der Waals surface area contributed by atoms with E-state index in [1.807, 2.05) is 24.3 Å². The maximum Gasteiger partial charge on any atom is 0.151 e. The molecule has 0 unspecified atom stereocenters. The Morgan fingerprint density at radius 3 is 2.75 bits per heavy atom. The minimum absolute atomic E-state index is 0.161. The number of benzene rings is 1. The molecule has 0 saturated carbocycles. The molecule has 0 aromatic heterocycles. The van der Waals surface area contributed by atoms with Crippen LogP contribution in [0, 0.1) is 0 Å². The minimum Gasteiger partial charge on any atom is -0.384 e. The van der Waals surface area contributed by atoms with Gasteiger partial charge in [0.05, 0.1) is 5.75 Å². The predicted molar refractivity (Wildman–Crippen MR) is 68.8 cm³/mol. The summed E-state index contributed by atoms with van der Waals surface area (Å²) in [6, 6.07) is 7.65. The molecule has 3 nitrogen and oxygen atoms in total. The summed E-state index contributed by atoms with van der Waals surface area (Å²) in [7, 11) is -2.89. The first-order valence-corrected chi connectivity index (χ1v) is 7.52. The molecule has 0 atom stereocenters. The lowest BCUT2D eigenvalue weighted by Gasteiger charge is -2.07. The molecule has 1 aromatic carbocycles. The minimum atomic E-state index is -2.89. The molecule has 16 heavy (non-hydrogen) atoms. The van der Waals surface area contributed by atoms with E-state index in [0.717, 1.165) is 11.3 Å². The lowest BCUT2D eigenvalue weighted by Crippen LogP contribution is -2.17. The second-order valence-electron chi connectivity index (χ2n) is 3.50. The van der Waals surface area contributed by atoms with E-state index in [-0.39, 0.29) is 11.5 Å². The Morgan fingerprint density at radius 2 is 2.12 bits per heavy atom. The first kappa shape index (κ1) is 13.3. The first-order chi connectivity index (χ1) is 7.57. The van der Waals surface area contributed by atoms with Crippen molar-refractivity contribution in [2.75, 3.05) is 23.4 Å². The standard InChI is InChI=1S/C11H16ClNO2S/c1-2-16(14,15)7-6-13-11-5-3-4-10(8-11)9-12/h3-5,8,13H,2,6-7,9H2,1H3. The van der Waals surface area contributed by atoms with E-state index in [2.05, 4.69) is 5.32 Å². The van der Waals surface area contributed by atoms with Gasteiger partial charge in [0.2, 0.25) is 0 Å². The summed E-state index contributed by atoms with van der Waals surface area (Å²) in [4.78, 5) is 0. The van der Waals surface area contributed by atoms with E-state index in [9.17, 15) is 8.42 Å². The summed E-state index contributed by atoms with van der Waals surface area (Å²) in [5, 5.41) is 3.07. The number of hydrogen-bond donors (Lipinski definition) is 1. The Morgan fingerprint density at radius 1 is 1.38 bits per heavy atom. The summed E-state index contributed by atoms with van der Waals surface area (Å²) < 4.78 is 22.5. The van der Waals surface area contributed by atoms with Gasteiger partial charge in [0.15, 0.2) is 9.84 Å². The first-order valence-electron chi connectivity index (χ1n) is 5.16. The van der Waals surface area contributed by atoms with Crippen molar-refractivity contribution in [3.63, 3.8) is 0 Å². The number of rotatable bonds is 6. The molecular formula is C11H16ClNO2S. The Kier molecular flexibility index (Phi) is 5.09. The molecule has 0 aliphatic carbocycles. The third-order valence-corrected chi connectivity index (χ3v) is 4.28. The molecule has 5 heteroatoms. The zero-order chi connectivity index (χ0) is 12.0. The van der Waals surface area contributed by atoms with E-state index >= 15 is 0 Å². The number of hydrogen-bond acceptors (Lipinski definition) is 3. The van der Waals surface area contributed by atoms with E-state index in [0.29, 0.717) is 12.4 Å². The van der Waals surface area contributed by atoms with Crippen LogP contribution in [0.4, 0.5) is 5.69 Å². The second-order valence-corrected chi connectivity index (χ2v) is 6.24. The molecule has 0 fully saturated rings. The van der Waals surface area contributed by atoms with Gasteiger partial charge in [0.25, 0.3) is 0 Å². The summed E-state index contributed by atoms with van der Waals surface area (Å²) in [5.41, 5.74) is 1.93. The number of sulfone groups is 1. The maximum absolute atomic E-state index is 11.3. The van der Waals surface area contributed by atoms with E-state index < -0.39 is 9.84 Å². The fourth-order valence-electron chi connectivity index (χ4n) is 1.26. The predicted octanol–water partition coefficient (Wildman–Crippen LogP) is 2.27. The molecule has 0 bridgehead atoms. The van der Waals surface area contributed by atoms with Gasteiger partial charge in [-0.25, -0.2) is 8.42 Å². The van der Waals surface area contributed by atoms with Gasteiger partial charge in [-0.3, -0.25) is 0 Å². The molecule has 0 aliphatic rings. The van der Waals surface area contributed by atoms with Crippen LogP contribution >= 0.6 is 11.6 Å². The van der Waals surface area contributed by atoms with Crippen molar-refractivity contribution >= 4 is 27.1 Å². The van der Waals surface area contributed by atoms with Crippen molar-refractivity contribution in [1.82, 2.24) is 0 Å². The Bertz CT molecular complexity index is 431. The topological polar surface area (TPSA) is 46.2 Å². The van der Waals surface area contributed by atoms with Crippen LogP contribution in [-0.2, 0) is 15.7 Å². The van der Waals surface area contributed by atoms with Crippen molar-refractivity contribution in [3.8, 4) is 0 Å². The smallest absolute Gasteiger partial charge is 0.151 e. The zero-order valence-corrected chi connectivity index (χ0v) is 10.8. The average molecular weight is 262 g/mol. The highest BCUT2D eigenvalue weighted by Crippen LogP contribution is 2.12. The molecule has 1 N–H and O–H groups in total. The summed E-state index contributed by atoms with van der Waals surface area (Å²) >= 11 is 5.70. The lowest BCUT2D eigenvalue weighted by molar-refractivity contribution is 0.597. The van der Waals surface area contributed by atoms with Crippen LogP contribution in [0.2, 0.25) is 0 Å². The van der Waals surface area contributed by atoms with Gasteiger partial charge in [0.1, 0.15) is 0 Å². The Hall–Kier alpha value is -0.740. The van der Waals surface area contributed by atoms with Crippen LogP contribution in [0.1, 0.15) is 12.5 Å². The highest BCUT2D eigenvalue weighted by atomic mass is 35.5. The van der Waals surface area contributed by atoms with Gasteiger partial charge < -0.3 is 5.32 Å². The van der Waals surface area contributed by atoms with E-state index in [1.54, 1.807) is 6.92 Å². The van der Waals surface area contributed by atoms with Crippen LogP contribution in [0.3, 0.4) is 0 Å². The van der Waals surface area contributed by atoms with Crippen molar-refractivity contribution < 1.29 is 8.42 Å².